The zero-order valence-corrected chi connectivity index (χ0v) is 9.22. The van der Waals surface area contributed by atoms with Crippen LogP contribution in [0.15, 0.2) is 54.6 Å². The van der Waals surface area contributed by atoms with Gasteiger partial charge in [0.05, 0.1) is 0 Å². The molecule has 0 amide bonds. The van der Waals surface area contributed by atoms with Crippen LogP contribution in [-0.4, -0.2) is 0 Å². The second kappa shape index (κ2) is 6.64. The van der Waals surface area contributed by atoms with Gasteiger partial charge in [0.1, 0.15) is 6.61 Å². The van der Waals surface area contributed by atoms with Crippen molar-refractivity contribution in [3.05, 3.63) is 65.7 Å². The predicted octanol–water partition coefficient (Wildman–Crippen LogP) is 3.76. The van der Waals surface area contributed by atoms with E-state index in [1.807, 2.05) is 49.4 Å². The van der Waals surface area contributed by atoms with E-state index in [2.05, 4.69) is 0 Å². The molecule has 0 N–H and O–H groups in total. The summed E-state index contributed by atoms with van der Waals surface area (Å²) in [4.78, 5) is 0. The van der Waals surface area contributed by atoms with Gasteiger partial charge in [-0.05, 0) is 24.6 Å². The normalized spacial score (nSPS) is 9.12. The van der Waals surface area contributed by atoms with Crippen molar-refractivity contribution >= 4 is 0 Å². The molecule has 0 bridgehead atoms. The van der Waals surface area contributed by atoms with Crippen LogP contribution in [0.3, 0.4) is 0 Å². The van der Waals surface area contributed by atoms with Gasteiger partial charge in [0.2, 0.25) is 0 Å². The van der Waals surface area contributed by atoms with Gasteiger partial charge in [0.25, 0.3) is 0 Å². The average Bonchev–Trinajstić information content (AvgIpc) is 2.35. The Morgan fingerprint density at radius 1 is 0.875 bits per heavy atom. The lowest BCUT2D eigenvalue weighted by atomic mass is 10.2. The number of hydrogen-bond acceptors (Lipinski definition) is 0. The summed E-state index contributed by atoms with van der Waals surface area (Å²) < 4.78 is 0. The van der Waals surface area contributed by atoms with Crippen LogP contribution in [0, 0.1) is 6.92 Å². The van der Waals surface area contributed by atoms with E-state index in [0.29, 0.717) is 0 Å². The van der Waals surface area contributed by atoms with Crippen molar-refractivity contribution in [3.63, 3.8) is 0 Å². The summed E-state index contributed by atoms with van der Waals surface area (Å²) in [5.41, 5.74) is 1.98. The summed E-state index contributed by atoms with van der Waals surface area (Å²) in [6, 6.07) is 16.0. The second-order valence-corrected chi connectivity index (χ2v) is 3.44. The molecule has 0 fully saturated rings. The fourth-order valence-electron chi connectivity index (χ4n) is 1.11. The summed E-state index contributed by atoms with van der Waals surface area (Å²) in [6.45, 7) is 1.85. The molecule has 0 aliphatic heterocycles. The summed E-state index contributed by atoms with van der Waals surface area (Å²) in [6.07, 6.45) is 0. The van der Waals surface area contributed by atoms with Crippen LogP contribution in [0.4, 0.5) is 0 Å². The first-order valence-electron chi connectivity index (χ1n) is 5.08. The van der Waals surface area contributed by atoms with Crippen molar-refractivity contribution < 1.29 is 10.2 Å². The molecular weight excluding hydrogens is 200 g/mol. The van der Waals surface area contributed by atoms with Crippen molar-refractivity contribution in [2.75, 3.05) is 0 Å². The van der Waals surface area contributed by atoms with Crippen LogP contribution in [0.5, 0.6) is 5.75 Å². The molecule has 0 aliphatic carbocycles. The van der Waals surface area contributed by atoms with E-state index >= 15 is 0 Å². The summed E-state index contributed by atoms with van der Waals surface area (Å²) in [7, 11) is 0. The Morgan fingerprint density at radius 3 is 1.81 bits per heavy atom. The molecular formula is C14H14O2. The Morgan fingerprint density at radius 2 is 1.44 bits per heavy atom. The zero-order chi connectivity index (χ0) is 11.8. The van der Waals surface area contributed by atoms with Gasteiger partial charge in [-0.1, -0.05) is 48.0 Å². The van der Waals surface area contributed by atoms with Crippen LogP contribution in [-0.2, 0) is 16.8 Å². The summed E-state index contributed by atoms with van der Waals surface area (Å²) in [5, 5.41) is 20.6. The third kappa shape index (κ3) is 4.62. The molecule has 0 heterocycles. The lowest BCUT2D eigenvalue weighted by molar-refractivity contribution is 0.177. The van der Waals surface area contributed by atoms with Crippen molar-refractivity contribution in [1.82, 2.24) is 0 Å². The minimum Gasteiger partial charge on any atom is -0.290 e. The number of benzene rings is 2. The van der Waals surface area contributed by atoms with Gasteiger partial charge < -0.3 is 0 Å². The SMILES string of the molecule is Cc1ccc([O])cc1.[O]Cc1ccccc1. The summed E-state index contributed by atoms with van der Waals surface area (Å²) in [5.74, 6) is 0.0793. The first kappa shape index (κ1) is 12.3. The number of hydrogen-bond donors (Lipinski definition) is 0. The molecule has 0 aromatic heterocycles. The van der Waals surface area contributed by atoms with Gasteiger partial charge in [0.15, 0.2) is 5.75 Å². The van der Waals surface area contributed by atoms with E-state index in [1.165, 1.54) is 0 Å². The lowest BCUT2D eigenvalue weighted by Gasteiger charge is -1.87. The Bertz CT molecular complexity index is 372. The molecule has 82 valence electrons. The molecule has 2 heteroatoms. The van der Waals surface area contributed by atoms with Crippen molar-refractivity contribution in [1.29, 1.82) is 0 Å². The largest absolute Gasteiger partial charge is 0.290 e. The fraction of sp³-hybridized carbons (Fsp3) is 0.143. The summed E-state index contributed by atoms with van der Waals surface area (Å²) >= 11 is 0. The Kier molecular flexibility index (Phi) is 5.09. The van der Waals surface area contributed by atoms with Crippen LogP contribution in [0.2, 0.25) is 0 Å². The first-order chi connectivity index (χ1) is 7.72. The maximum absolute atomic E-state index is 10.4. The topological polar surface area (TPSA) is 39.8 Å². The molecule has 0 saturated heterocycles. The highest BCUT2D eigenvalue weighted by Crippen LogP contribution is 2.08. The van der Waals surface area contributed by atoms with Gasteiger partial charge in [-0.25, -0.2) is 5.11 Å². The maximum Gasteiger partial charge on any atom is 0.178 e. The van der Waals surface area contributed by atoms with Crippen molar-refractivity contribution in [2.45, 2.75) is 13.5 Å². The Labute approximate surface area is 95.8 Å². The number of rotatable bonds is 1. The van der Waals surface area contributed by atoms with Gasteiger partial charge in [0, 0.05) is 0 Å². The van der Waals surface area contributed by atoms with E-state index in [0.717, 1.165) is 11.1 Å². The van der Waals surface area contributed by atoms with Crippen LogP contribution < -0.4 is 0 Å². The van der Waals surface area contributed by atoms with Gasteiger partial charge >= 0.3 is 0 Å². The highest BCUT2D eigenvalue weighted by molar-refractivity contribution is 5.24. The minimum absolute atomic E-state index is 0.0793. The monoisotopic (exact) mass is 214 g/mol. The number of aryl methyl sites for hydroxylation is 1. The third-order valence-corrected chi connectivity index (χ3v) is 2.03. The minimum atomic E-state index is -0.110. The smallest absolute Gasteiger partial charge is 0.178 e. The molecule has 2 radical (unpaired) electrons. The van der Waals surface area contributed by atoms with Gasteiger partial charge in [-0.15, -0.1) is 0 Å². The highest BCUT2D eigenvalue weighted by atomic mass is 16.3. The Balaban J connectivity index is 0.000000160. The lowest BCUT2D eigenvalue weighted by Crippen LogP contribution is -1.75. The molecule has 16 heavy (non-hydrogen) atoms. The first-order valence-corrected chi connectivity index (χ1v) is 5.08. The predicted molar refractivity (Wildman–Crippen MR) is 62.1 cm³/mol. The van der Waals surface area contributed by atoms with E-state index in [4.69, 9.17) is 0 Å². The molecule has 0 saturated carbocycles. The standard InChI is InChI=1S/2C7H7O/c1-6-2-4-7(8)5-3-6;8-6-7-4-2-1-3-5-7/h2-5H,1H3;1-5H,6H2. The fourth-order valence-corrected chi connectivity index (χ4v) is 1.11. The quantitative estimate of drug-likeness (QED) is 0.693. The van der Waals surface area contributed by atoms with E-state index in [9.17, 15) is 10.2 Å². The molecule has 0 aliphatic rings. The maximum atomic E-state index is 10.4. The van der Waals surface area contributed by atoms with Crippen molar-refractivity contribution in [3.8, 4) is 5.75 Å². The van der Waals surface area contributed by atoms with Crippen LogP contribution in [0.25, 0.3) is 0 Å². The second-order valence-electron chi connectivity index (χ2n) is 3.44. The van der Waals surface area contributed by atoms with E-state index in [1.54, 1.807) is 12.1 Å². The molecule has 0 spiro atoms. The third-order valence-electron chi connectivity index (χ3n) is 2.03. The average molecular weight is 214 g/mol. The van der Waals surface area contributed by atoms with Crippen LogP contribution in [0.1, 0.15) is 11.1 Å². The molecule has 2 aromatic rings. The van der Waals surface area contributed by atoms with E-state index in [-0.39, 0.29) is 12.4 Å². The Hall–Kier alpha value is -1.80. The van der Waals surface area contributed by atoms with Gasteiger partial charge in [-0.3, -0.25) is 5.11 Å². The molecule has 0 unspecified atom stereocenters. The van der Waals surface area contributed by atoms with E-state index < -0.39 is 0 Å². The molecule has 2 rings (SSSR count). The molecule has 0 atom stereocenters. The molecule has 2 aromatic carbocycles. The van der Waals surface area contributed by atoms with Gasteiger partial charge in [-0.2, -0.15) is 0 Å². The highest BCUT2D eigenvalue weighted by Gasteiger charge is 1.84. The molecule has 2 nitrogen and oxygen atoms in total. The van der Waals surface area contributed by atoms with Crippen LogP contribution >= 0.6 is 0 Å². The zero-order valence-electron chi connectivity index (χ0n) is 9.22. The van der Waals surface area contributed by atoms with Crippen molar-refractivity contribution in [2.24, 2.45) is 0 Å².